The Morgan fingerprint density at radius 1 is 1.16 bits per heavy atom. The van der Waals surface area contributed by atoms with Gasteiger partial charge in [0.05, 0.1) is 0 Å². The molecular weight excluding hydrogens is 287 g/mol. The summed E-state index contributed by atoms with van der Waals surface area (Å²) in [6.45, 7) is 0. The van der Waals surface area contributed by atoms with Gasteiger partial charge in [0.15, 0.2) is 5.16 Å². The summed E-state index contributed by atoms with van der Waals surface area (Å²) >= 11 is 7.23. The number of nitrogens with one attached hydrogen (secondary N) is 2. The van der Waals surface area contributed by atoms with Gasteiger partial charge in [0.1, 0.15) is 17.5 Å². The number of halogens is 2. The van der Waals surface area contributed by atoms with Gasteiger partial charge in [-0.3, -0.25) is 0 Å². The van der Waals surface area contributed by atoms with E-state index in [4.69, 9.17) is 11.6 Å². The van der Waals surface area contributed by atoms with Crippen molar-refractivity contribution in [1.82, 2.24) is 9.97 Å². The Hall–Kier alpha value is -1.53. The summed E-state index contributed by atoms with van der Waals surface area (Å²) in [5.41, 5.74) is 0.540. The van der Waals surface area contributed by atoms with Crippen LogP contribution in [0.15, 0.2) is 29.4 Å². The van der Waals surface area contributed by atoms with Gasteiger partial charge in [-0.25, -0.2) is 14.4 Å². The zero-order chi connectivity index (χ0) is 13.8. The monoisotopic (exact) mass is 298 g/mol. The van der Waals surface area contributed by atoms with Crippen molar-refractivity contribution in [2.75, 3.05) is 23.9 Å². The molecule has 0 saturated heterocycles. The molecule has 0 fully saturated rings. The fourth-order valence-corrected chi connectivity index (χ4v) is 2.08. The first-order valence-electron chi connectivity index (χ1n) is 5.44. The zero-order valence-corrected chi connectivity index (χ0v) is 11.9. The maximum absolute atomic E-state index is 13.2. The molecule has 4 nitrogen and oxygen atoms in total. The molecule has 0 amide bonds. The van der Waals surface area contributed by atoms with Gasteiger partial charge in [-0.15, -0.1) is 0 Å². The Kier molecular flexibility index (Phi) is 4.44. The molecule has 0 saturated carbocycles. The van der Waals surface area contributed by atoms with E-state index in [0.717, 1.165) is 0 Å². The van der Waals surface area contributed by atoms with E-state index in [1.807, 2.05) is 6.26 Å². The van der Waals surface area contributed by atoms with Gasteiger partial charge in [-0.1, -0.05) is 23.4 Å². The summed E-state index contributed by atoms with van der Waals surface area (Å²) in [5.74, 6) is 0.859. The predicted molar refractivity (Wildman–Crippen MR) is 78.1 cm³/mol. The molecule has 0 aliphatic heterocycles. The van der Waals surface area contributed by atoms with Crippen LogP contribution in [0, 0.1) is 5.82 Å². The second-order valence-electron chi connectivity index (χ2n) is 3.66. The molecule has 0 aliphatic carbocycles. The third-order valence-corrected chi connectivity index (χ3v) is 3.05. The number of rotatable bonds is 4. The van der Waals surface area contributed by atoms with Crippen LogP contribution in [0.5, 0.6) is 0 Å². The van der Waals surface area contributed by atoms with E-state index < -0.39 is 5.82 Å². The normalized spacial score (nSPS) is 10.3. The van der Waals surface area contributed by atoms with Crippen molar-refractivity contribution in [3.63, 3.8) is 0 Å². The Labute approximate surface area is 119 Å². The Morgan fingerprint density at radius 3 is 2.53 bits per heavy atom. The number of benzene rings is 1. The Balaban J connectivity index is 2.31. The number of thioether (sulfide) groups is 1. The van der Waals surface area contributed by atoms with Crippen LogP contribution in [0.2, 0.25) is 5.02 Å². The molecule has 1 aromatic heterocycles. The van der Waals surface area contributed by atoms with Crippen LogP contribution in [0.3, 0.4) is 0 Å². The third kappa shape index (κ3) is 3.71. The lowest BCUT2D eigenvalue weighted by Crippen LogP contribution is -2.00. The van der Waals surface area contributed by atoms with Crippen LogP contribution in [0.1, 0.15) is 0 Å². The third-order valence-electron chi connectivity index (χ3n) is 2.28. The van der Waals surface area contributed by atoms with Crippen molar-refractivity contribution in [1.29, 1.82) is 0 Å². The number of anilines is 3. The van der Waals surface area contributed by atoms with Gasteiger partial charge < -0.3 is 10.6 Å². The first kappa shape index (κ1) is 13.9. The molecule has 7 heteroatoms. The molecule has 0 aliphatic rings. The standard InChI is InChI=1S/C12H12ClFN4S/c1-15-10-6-11(18-12(17-10)19-2)16-9-4-7(13)3-8(14)5-9/h3-6H,1-2H3,(H2,15,16,17,18). The van der Waals surface area contributed by atoms with Crippen molar-refractivity contribution < 1.29 is 4.39 Å². The fourth-order valence-electron chi connectivity index (χ4n) is 1.48. The number of hydrogen-bond acceptors (Lipinski definition) is 5. The van der Waals surface area contributed by atoms with Gasteiger partial charge in [0, 0.05) is 23.8 Å². The maximum atomic E-state index is 13.2. The van der Waals surface area contributed by atoms with Crippen molar-refractivity contribution in [3.05, 3.63) is 35.1 Å². The maximum Gasteiger partial charge on any atom is 0.191 e. The highest BCUT2D eigenvalue weighted by atomic mass is 35.5. The summed E-state index contributed by atoms with van der Waals surface area (Å²) in [4.78, 5) is 8.54. The summed E-state index contributed by atoms with van der Waals surface area (Å²) in [6.07, 6.45) is 1.89. The van der Waals surface area contributed by atoms with E-state index in [1.165, 1.54) is 23.9 Å². The van der Waals surface area contributed by atoms with E-state index in [9.17, 15) is 4.39 Å². The van der Waals surface area contributed by atoms with Crippen LogP contribution in [-0.4, -0.2) is 23.3 Å². The lowest BCUT2D eigenvalue weighted by Gasteiger charge is -2.09. The summed E-state index contributed by atoms with van der Waals surface area (Å²) in [6, 6.07) is 5.97. The Morgan fingerprint density at radius 2 is 1.89 bits per heavy atom. The van der Waals surface area contributed by atoms with Gasteiger partial charge in [0.25, 0.3) is 0 Å². The minimum atomic E-state index is -0.400. The SMILES string of the molecule is CNc1cc(Nc2cc(F)cc(Cl)c2)nc(SC)n1. The molecular formula is C12H12ClFN4S. The van der Waals surface area contributed by atoms with Crippen molar-refractivity contribution in [2.45, 2.75) is 5.16 Å². The second-order valence-corrected chi connectivity index (χ2v) is 4.87. The predicted octanol–water partition coefficient (Wildman–Crippen LogP) is 3.78. The van der Waals surface area contributed by atoms with Crippen LogP contribution >= 0.6 is 23.4 Å². The molecule has 0 unspecified atom stereocenters. The molecule has 1 heterocycles. The minimum Gasteiger partial charge on any atom is -0.373 e. The molecule has 0 radical (unpaired) electrons. The molecule has 0 bridgehead atoms. The number of nitrogens with zero attached hydrogens (tertiary/aromatic N) is 2. The van der Waals surface area contributed by atoms with E-state index >= 15 is 0 Å². The quantitative estimate of drug-likeness (QED) is 0.664. The summed E-state index contributed by atoms with van der Waals surface area (Å²) < 4.78 is 13.2. The highest BCUT2D eigenvalue weighted by Gasteiger charge is 2.05. The first-order chi connectivity index (χ1) is 9.10. The van der Waals surface area contributed by atoms with E-state index in [0.29, 0.717) is 27.5 Å². The average molecular weight is 299 g/mol. The lowest BCUT2D eigenvalue weighted by molar-refractivity contribution is 0.628. The Bertz CT molecular complexity index is 551. The van der Waals surface area contributed by atoms with Crippen molar-refractivity contribution in [2.24, 2.45) is 0 Å². The van der Waals surface area contributed by atoms with E-state index in [-0.39, 0.29) is 0 Å². The molecule has 0 spiro atoms. The van der Waals surface area contributed by atoms with Crippen LogP contribution in [-0.2, 0) is 0 Å². The highest BCUT2D eigenvalue weighted by Crippen LogP contribution is 2.23. The summed E-state index contributed by atoms with van der Waals surface area (Å²) in [5, 5.41) is 6.90. The fraction of sp³-hybridized carbons (Fsp3) is 0.167. The van der Waals surface area contributed by atoms with Gasteiger partial charge >= 0.3 is 0 Å². The van der Waals surface area contributed by atoms with Crippen LogP contribution < -0.4 is 10.6 Å². The zero-order valence-electron chi connectivity index (χ0n) is 10.4. The van der Waals surface area contributed by atoms with Crippen LogP contribution in [0.25, 0.3) is 0 Å². The van der Waals surface area contributed by atoms with E-state index in [1.54, 1.807) is 19.2 Å². The van der Waals surface area contributed by atoms with Gasteiger partial charge in [-0.2, -0.15) is 0 Å². The number of hydrogen-bond donors (Lipinski definition) is 2. The molecule has 0 atom stereocenters. The molecule has 1 aromatic carbocycles. The van der Waals surface area contributed by atoms with Gasteiger partial charge in [-0.05, 0) is 24.5 Å². The van der Waals surface area contributed by atoms with Gasteiger partial charge in [0.2, 0.25) is 0 Å². The molecule has 19 heavy (non-hydrogen) atoms. The minimum absolute atomic E-state index is 0.329. The highest BCUT2D eigenvalue weighted by molar-refractivity contribution is 7.98. The van der Waals surface area contributed by atoms with Crippen molar-refractivity contribution in [3.8, 4) is 0 Å². The molecule has 100 valence electrons. The second kappa shape index (κ2) is 6.08. The molecule has 2 rings (SSSR count). The topological polar surface area (TPSA) is 49.8 Å². The average Bonchev–Trinajstić information content (AvgIpc) is 2.37. The molecule has 2 N–H and O–H groups in total. The van der Waals surface area contributed by atoms with E-state index in [2.05, 4.69) is 20.6 Å². The molecule has 2 aromatic rings. The van der Waals surface area contributed by atoms with Crippen molar-refractivity contribution >= 4 is 40.7 Å². The lowest BCUT2D eigenvalue weighted by atomic mass is 10.3. The van der Waals surface area contributed by atoms with Crippen LogP contribution in [0.4, 0.5) is 21.7 Å². The smallest absolute Gasteiger partial charge is 0.191 e. The summed E-state index contributed by atoms with van der Waals surface area (Å²) in [7, 11) is 1.77. The first-order valence-corrected chi connectivity index (χ1v) is 7.05. The number of aromatic nitrogens is 2. The largest absolute Gasteiger partial charge is 0.373 e.